The van der Waals surface area contributed by atoms with Crippen LogP contribution >= 0.6 is 44.8 Å². The fourth-order valence-corrected chi connectivity index (χ4v) is 15.1. The van der Waals surface area contributed by atoms with Crippen LogP contribution in [0.2, 0.25) is 10.0 Å². The molecule has 3 unspecified atom stereocenters. The zero-order valence-electron chi connectivity index (χ0n) is 58.8. The van der Waals surface area contributed by atoms with Crippen molar-refractivity contribution in [2.45, 2.75) is 170 Å². The van der Waals surface area contributed by atoms with Gasteiger partial charge in [-0.2, -0.15) is 0 Å². The molecular weight excluding hydrogens is 1490 g/mol. The van der Waals surface area contributed by atoms with Crippen molar-refractivity contribution in [3.05, 3.63) is 88.1 Å². The third-order valence-corrected chi connectivity index (χ3v) is 21.0. The number of benzene rings is 2. The number of aromatic nitrogens is 3. The molecule has 0 bridgehead atoms. The highest BCUT2D eigenvalue weighted by Gasteiger charge is 2.45. The van der Waals surface area contributed by atoms with E-state index >= 15 is 14.4 Å². The number of imidazole rings is 1. The van der Waals surface area contributed by atoms with Crippen LogP contribution < -0.4 is 75.7 Å². The molecule has 37 nitrogen and oxygen atoms in total. The number of para-hydroxylation sites is 1. The molecule has 2 aromatic carbocycles. The van der Waals surface area contributed by atoms with Crippen LogP contribution in [0.5, 0.6) is 0 Å². The maximum atomic E-state index is 15.2. The zero-order valence-corrected chi connectivity index (χ0v) is 62.0. The molecule has 0 spiro atoms. The van der Waals surface area contributed by atoms with Gasteiger partial charge in [-0.1, -0.05) is 69.1 Å². The number of nitrogens with two attached hydrogens (primary N) is 3. The molecule has 0 saturated carbocycles. The molecule has 108 heavy (non-hydrogen) atoms. The first-order chi connectivity index (χ1) is 51.5. The number of carboxylic acid groups (broad SMARTS) is 2. The summed E-state index contributed by atoms with van der Waals surface area (Å²) in [6.07, 6.45) is 2.52. The highest BCUT2D eigenvalue weighted by molar-refractivity contribution is 8.76. The van der Waals surface area contributed by atoms with Crippen molar-refractivity contribution in [3.8, 4) is 0 Å². The Balaban J connectivity index is 1.24. The molecule has 3 aliphatic heterocycles. The van der Waals surface area contributed by atoms with Crippen LogP contribution in [0.15, 0.2) is 61.2 Å². The summed E-state index contributed by atoms with van der Waals surface area (Å²) in [5, 5.41) is 56.2. The van der Waals surface area contributed by atoms with Gasteiger partial charge in [-0.05, 0) is 100 Å². The number of H-pyrrole nitrogens is 2. The number of carbonyl (C=O) groups excluding carboxylic acids is 13. The Morgan fingerprint density at radius 3 is 1.95 bits per heavy atom. The number of rotatable bonds is 27. The van der Waals surface area contributed by atoms with Crippen molar-refractivity contribution in [1.82, 2.24) is 83.2 Å². The number of fused-ring (bicyclic) bond motifs is 1. The minimum Gasteiger partial charge on any atom is -0.481 e. The lowest BCUT2D eigenvalue weighted by Crippen LogP contribution is -2.61. The number of unbranched alkanes of at least 4 members (excludes halogenated alkanes) is 1. The molecule has 22 N–H and O–H groups in total. The Hall–Kier alpha value is -10.2. The van der Waals surface area contributed by atoms with E-state index in [4.69, 9.17) is 45.8 Å². The van der Waals surface area contributed by atoms with E-state index in [1.165, 1.54) is 40.5 Å². The first-order valence-electron chi connectivity index (χ1n) is 34.8. The van der Waals surface area contributed by atoms with Crippen molar-refractivity contribution in [2.24, 2.45) is 17.2 Å². The van der Waals surface area contributed by atoms with Crippen molar-refractivity contribution < 1.29 is 82.1 Å². The molecule has 4 aromatic rings. The van der Waals surface area contributed by atoms with Crippen molar-refractivity contribution in [3.63, 3.8) is 0 Å². The quantitative estimate of drug-likeness (QED) is 0.0125. The second-order valence-corrected chi connectivity index (χ2v) is 29.3. The number of aromatic amines is 2. The maximum Gasteiger partial charge on any atom is 0.305 e. The van der Waals surface area contributed by atoms with Gasteiger partial charge in [0.05, 0.1) is 35.0 Å². The van der Waals surface area contributed by atoms with Crippen LogP contribution in [0.1, 0.15) is 101 Å². The van der Waals surface area contributed by atoms with Gasteiger partial charge >= 0.3 is 11.9 Å². The number of aliphatic carboxylic acids is 2. The first-order valence-corrected chi connectivity index (χ1v) is 38.0. The van der Waals surface area contributed by atoms with E-state index in [0.29, 0.717) is 41.3 Å². The molecule has 586 valence electrons. The smallest absolute Gasteiger partial charge is 0.305 e. The molecule has 5 heterocycles. The summed E-state index contributed by atoms with van der Waals surface area (Å²) in [6.45, 7) is 0.457. The SMILES string of the molecule is CC(=O)NC1CSSC[C@@H](C(=O)N2CCC[C@H]2C(=O)N2CCC[C@H]2C(=O)N[C@@H](CCCCN)C(=O)N[C@@H](CC(=O)O)C(N)=O)NC(=O)CNC(=O)[C@H](Cc2c[nH]c3ccccc23)NC(=O)[C@H](CCCNC(=N)N)NC(=O)C(Cc2ccc(Cl)c(Cl)c2)NC(=O)[C@H](Cc2c[nH]cn2)NC(=O)C(CCC(=O)O)NC1=O. The highest BCUT2D eigenvalue weighted by Crippen LogP contribution is 2.30. The predicted molar refractivity (Wildman–Crippen MR) is 395 cm³/mol. The van der Waals surface area contributed by atoms with Crippen LogP contribution in [-0.2, 0) is 91.2 Å². The highest BCUT2D eigenvalue weighted by atomic mass is 35.5. The van der Waals surface area contributed by atoms with E-state index in [2.05, 4.69) is 73.4 Å². The fraction of sp³-hybridized carbons (Fsp3) is 0.507. The second-order valence-electron chi connectivity index (χ2n) is 25.9. The van der Waals surface area contributed by atoms with Crippen LogP contribution in [0, 0.1) is 5.41 Å². The Labute approximate surface area is 637 Å². The van der Waals surface area contributed by atoms with Crippen LogP contribution in [0.3, 0.4) is 0 Å². The summed E-state index contributed by atoms with van der Waals surface area (Å²) in [6, 6.07) is -5.15. The molecule has 3 aliphatic rings. The Bertz CT molecular complexity index is 3950. The molecule has 0 aliphatic carbocycles. The number of carbonyl (C=O) groups is 15. The topological polar surface area (TPSA) is 582 Å². The number of hydrogen-bond donors (Lipinski definition) is 19. The van der Waals surface area contributed by atoms with Crippen LogP contribution in [-0.4, -0.2) is 240 Å². The molecule has 0 radical (unpaired) electrons. The lowest BCUT2D eigenvalue weighted by molar-refractivity contribution is -0.148. The molecule has 3 saturated heterocycles. The van der Waals surface area contributed by atoms with Crippen molar-refractivity contribution in [1.29, 1.82) is 5.41 Å². The number of likely N-dealkylation sites (tertiary alicyclic amines) is 2. The monoisotopic (exact) mass is 1580 g/mol. The number of nitrogens with one attached hydrogen (secondary N) is 14. The van der Waals surface area contributed by atoms with Gasteiger partial charge in [-0.15, -0.1) is 0 Å². The number of hydrogen-bond acceptors (Lipinski definition) is 20. The molecule has 11 atom stereocenters. The Kier molecular flexibility index (Phi) is 32.9. The molecule has 2 aromatic heterocycles. The summed E-state index contributed by atoms with van der Waals surface area (Å²) in [5.41, 5.74) is 18.4. The maximum absolute atomic E-state index is 15.2. The second kappa shape index (κ2) is 41.8. The lowest BCUT2D eigenvalue weighted by Gasteiger charge is -2.33. The summed E-state index contributed by atoms with van der Waals surface area (Å²) >= 11 is 12.7. The standard InChI is InChI=1S/C67H90Cl2N20O17S2/c1-34(90)79-49-31-107-108-32-50(65(105)89-22-8-14-52(89)66(106)88-21-7-13-51(88)64(104)83-42(11-4-5-19-70)58(98)84-45(56(71)96)27-55(94)95)80-53(91)30-77-57(97)47(25-36-28-76-41-10-3-2-9-38(36)41)86-59(99)43(12-6-20-75-67(72)73)81-61(101)46(24-35-15-16-39(68)40(69)23-35)85-62(102)48(26-37-29-74-33-78-37)87-60(100)44(82-63(49)103)17-18-54(92)93/h2-3,9-10,15-16,23,28-29,33,42-52,76H,4-8,11-14,17-22,24-27,30-32,70H2,1H3,(H2,71,96)(H,74,78)(H,77,97)(H,79,90)(H,80,91)(H,81,101)(H,82,103)(H,83,104)(H,84,98)(H,85,102)(H,86,99)(H,87,100)(H,92,93)(H,94,95)(H4,72,73,75)/t42-,43-,44?,45-,46?,47-,48-,49?,50-,51-,52-/m0/s1. The first kappa shape index (κ1) is 85.0. The number of primary amides is 1. The Morgan fingerprint density at radius 1 is 0.685 bits per heavy atom. The zero-order chi connectivity index (χ0) is 78.7. The van der Waals surface area contributed by atoms with Gasteiger partial charge in [0.15, 0.2) is 5.96 Å². The Morgan fingerprint density at radius 2 is 1.31 bits per heavy atom. The van der Waals surface area contributed by atoms with Gasteiger partial charge in [0.1, 0.15) is 66.5 Å². The minimum absolute atomic E-state index is 0.000713. The number of nitrogens with zero attached hydrogens (tertiary/aromatic N) is 3. The van der Waals surface area contributed by atoms with Gasteiger partial charge in [0.25, 0.3) is 0 Å². The molecule has 41 heteroatoms. The minimum atomic E-state index is -1.73. The third kappa shape index (κ3) is 25.7. The lowest BCUT2D eigenvalue weighted by atomic mass is 10.0. The number of guanidine groups is 1. The number of amides is 13. The van der Waals surface area contributed by atoms with E-state index in [0.717, 1.165) is 28.5 Å². The van der Waals surface area contributed by atoms with Gasteiger partial charge in [0, 0.05) is 87.0 Å². The molecule has 3 fully saturated rings. The summed E-state index contributed by atoms with van der Waals surface area (Å²) in [7, 11) is 1.81. The van der Waals surface area contributed by atoms with Gasteiger partial charge < -0.3 is 106 Å². The number of halogens is 2. The normalized spacial score (nSPS) is 22.3. The summed E-state index contributed by atoms with van der Waals surface area (Å²) in [5.74, 6) is -15.9. The molecular formula is C67H90Cl2N20O17S2. The number of carboxylic acids is 2. The van der Waals surface area contributed by atoms with Crippen LogP contribution in [0.25, 0.3) is 10.9 Å². The van der Waals surface area contributed by atoms with Crippen molar-refractivity contribution >= 4 is 150 Å². The fourth-order valence-electron chi connectivity index (χ4n) is 12.4. The van der Waals surface area contributed by atoms with E-state index in [1.807, 2.05) is 0 Å². The third-order valence-electron chi connectivity index (χ3n) is 17.9. The average Bonchev–Trinajstić information content (AvgIpc) is 1.63. The molecule has 7 rings (SSSR count). The van der Waals surface area contributed by atoms with E-state index < -0.39 is 187 Å². The van der Waals surface area contributed by atoms with E-state index in [9.17, 15) is 67.7 Å². The average molecular weight is 1580 g/mol. The van der Waals surface area contributed by atoms with Gasteiger partial charge in [-0.25, -0.2) is 4.98 Å². The predicted octanol–water partition coefficient (Wildman–Crippen LogP) is -2.68. The summed E-state index contributed by atoms with van der Waals surface area (Å²) in [4.78, 5) is 222. The molecule has 13 amide bonds. The van der Waals surface area contributed by atoms with Gasteiger partial charge in [0.2, 0.25) is 76.8 Å². The largest absolute Gasteiger partial charge is 0.481 e. The van der Waals surface area contributed by atoms with Crippen molar-refractivity contribution in [2.75, 3.05) is 44.2 Å². The van der Waals surface area contributed by atoms with Crippen LogP contribution in [0.4, 0.5) is 0 Å². The summed E-state index contributed by atoms with van der Waals surface area (Å²) < 4.78 is 0. The van der Waals surface area contributed by atoms with Gasteiger partial charge in [-0.3, -0.25) is 77.3 Å². The van der Waals surface area contributed by atoms with E-state index in [1.54, 1.807) is 30.5 Å². The van der Waals surface area contributed by atoms with E-state index in [-0.39, 0.29) is 111 Å².